The first-order valence-electron chi connectivity index (χ1n) is 10.7. The van der Waals surface area contributed by atoms with Crippen molar-refractivity contribution in [3.63, 3.8) is 0 Å². The van der Waals surface area contributed by atoms with Crippen LogP contribution < -0.4 is 5.32 Å². The SMILES string of the molecule is O=C(NCc1ccncc1)C1CCc2c(c3ccccc3n2Cc2cccc(F)c2)C1. The summed E-state index contributed by atoms with van der Waals surface area (Å²) in [6, 6.07) is 18.9. The van der Waals surface area contributed by atoms with Crippen LogP contribution in [0.15, 0.2) is 73.1 Å². The predicted molar refractivity (Wildman–Crippen MR) is 119 cm³/mol. The molecule has 4 aromatic rings. The molecule has 1 aliphatic carbocycles. The number of halogens is 1. The monoisotopic (exact) mass is 413 g/mol. The minimum atomic E-state index is -0.214. The zero-order chi connectivity index (χ0) is 21.2. The molecule has 156 valence electrons. The number of rotatable bonds is 5. The van der Waals surface area contributed by atoms with Gasteiger partial charge in [-0.25, -0.2) is 4.39 Å². The van der Waals surface area contributed by atoms with Gasteiger partial charge in [0.1, 0.15) is 5.82 Å². The van der Waals surface area contributed by atoms with Gasteiger partial charge in [0.25, 0.3) is 0 Å². The van der Waals surface area contributed by atoms with Crippen LogP contribution in [0.3, 0.4) is 0 Å². The molecule has 2 aromatic carbocycles. The Bertz CT molecular complexity index is 1230. The Morgan fingerprint density at radius 3 is 2.74 bits per heavy atom. The van der Waals surface area contributed by atoms with Gasteiger partial charge in [-0.3, -0.25) is 9.78 Å². The summed E-state index contributed by atoms with van der Waals surface area (Å²) in [6.45, 7) is 1.15. The van der Waals surface area contributed by atoms with E-state index >= 15 is 0 Å². The summed E-state index contributed by atoms with van der Waals surface area (Å²) < 4.78 is 16.0. The molecule has 1 unspecified atom stereocenters. The standard InChI is InChI=1S/C26H24FN3O/c27-21-5-3-4-19(14-21)17-30-24-7-2-1-6-22(24)23-15-20(8-9-25(23)30)26(31)29-16-18-10-12-28-13-11-18/h1-7,10-14,20H,8-9,15-17H2,(H,29,31). The van der Waals surface area contributed by atoms with Crippen molar-refractivity contribution in [3.8, 4) is 0 Å². The van der Waals surface area contributed by atoms with Crippen LogP contribution in [0.25, 0.3) is 10.9 Å². The lowest BCUT2D eigenvalue weighted by Gasteiger charge is -2.23. The van der Waals surface area contributed by atoms with E-state index in [1.807, 2.05) is 30.3 Å². The molecule has 1 N–H and O–H groups in total. The van der Waals surface area contributed by atoms with Crippen molar-refractivity contribution in [1.29, 1.82) is 0 Å². The molecule has 0 fully saturated rings. The lowest BCUT2D eigenvalue weighted by Crippen LogP contribution is -2.34. The molecule has 1 atom stereocenters. The molecule has 31 heavy (non-hydrogen) atoms. The average Bonchev–Trinajstić information content (AvgIpc) is 3.11. The van der Waals surface area contributed by atoms with E-state index < -0.39 is 0 Å². The Morgan fingerprint density at radius 1 is 1.06 bits per heavy atom. The molecule has 0 aliphatic heterocycles. The number of hydrogen-bond donors (Lipinski definition) is 1. The maximum atomic E-state index is 13.7. The van der Waals surface area contributed by atoms with Crippen molar-refractivity contribution in [2.45, 2.75) is 32.4 Å². The van der Waals surface area contributed by atoms with Crippen LogP contribution >= 0.6 is 0 Å². The topological polar surface area (TPSA) is 46.9 Å². The number of hydrogen-bond acceptors (Lipinski definition) is 2. The van der Waals surface area contributed by atoms with E-state index in [-0.39, 0.29) is 17.6 Å². The maximum Gasteiger partial charge on any atom is 0.223 e. The largest absolute Gasteiger partial charge is 0.352 e. The summed E-state index contributed by atoms with van der Waals surface area (Å²) in [6.07, 6.45) is 5.86. The summed E-state index contributed by atoms with van der Waals surface area (Å²) in [5.74, 6) is -0.152. The predicted octanol–water partition coefficient (Wildman–Crippen LogP) is 4.65. The highest BCUT2D eigenvalue weighted by Gasteiger charge is 2.29. The molecule has 4 nitrogen and oxygen atoms in total. The normalized spacial score (nSPS) is 15.6. The summed E-state index contributed by atoms with van der Waals surface area (Å²) >= 11 is 0. The summed E-state index contributed by atoms with van der Waals surface area (Å²) in [5.41, 5.74) is 5.66. The van der Waals surface area contributed by atoms with Gasteiger partial charge in [0.15, 0.2) is 0 Å². The minimum Gasteiger partial charge on any atom is -0.352 e. The molecule has 5 heteroatoms. The van der Waals surface area contributed by atoms with Crippen LogP contribution in [0, 0.1) is 11.7 Å². The highest BCUT2D eigenvalue weighted by atomic mass is 19.1. The Labute approximate surface area is 180 Å². The number of benzene rings is 2. The van der Waals surface area contributed by atoms with Crippen LogP contribution in [0.2, 0.25) is 0 Å². The van der Waals surface area contributed by atoms with Gasteiger partial charge in [-0.05, 0) is 66.3 Å². The van der Waals surface area contributed by atoms with Gasteiger partial charge in [0, 0.05) is 48.0 Å². The second-order valence-corrected chi connectivity index (χ2v) is 8.17. The van der Waals surface area contributed by atoms with Gasteiger partial charge in [-0.2, -0.15) is 0 Å². The molecule has 0 spiro atoms. The Kier molecular flexibility index (Phi) is 5.24. The van der Waals surface area contributed by atoms with E-state index in [0.717, 1.165) is 35.9 Å². The van der Waals surface area contributed by atoms with Crippen molar-refractivity contribution in [2.24, 2.45) is 5.92 Å². The fourth-order valence-electron chi connectivity index (χ4n) is 4.66. The molecule has 2 aromatic heterocycles. The number of para-hydroxylation sites is 1. The van der Waals surface area contributed by atoms with Gasteiger partial charge in [0.2, 0.25) is 5.91 Å². The first-order valence-corrected chi connectivity index (χ1v) is 10.7. The number of pyridine rings is 1. The van der Waals surface area contributed by atoms with Crippen LogP contribution in [0.4, 0.5) is 4.39 Å². The van der Waals surface area contributed by atoms with Crippen molar-refractivity contribution < 1.29 is 9.18 Å². The molecule has 1 amide bonds. The van der Waals surface area contributed by atoms with Crippen molar-refractivity contribution in [1.82, 2.24) is 14.9 Å². The molecular formula is C26H24FN3O. The van der Waals surface area contributed by atoms with Gasteiger partial charge in [-0.1, -0.05) is 30.3 Å². The number of carbonyl (C=O) groups is 1. The van der Waals surface area contributed by atoms with Gasteiger partial charge in [-0.15, -0.1) is 0 Å². The number of carbonyl (C=O) groups excluding carboxylic acids is 1. The fraction of sp³-hybridized carbons (Fsp3) is 0.231. The summed E-state index contributed by atoms with van der Waals surface area (Å²) in [5, 5.41) is 4.28. The average molecular weight is 413 g/mol. The highest BCUT2D eigenvalue weighted by Crippen LogP contribution is 2.35. The van der Waals surface area contributed by atoms with E-state index in [1.165, 1.54) is 22.7 Å². The summed E-state index contributed by atoms with van der Waals surface area (Å²) in [4.78, 5) is 16.9. The molecule has 0 saturated heterocycles. The van der Waals surface area contributed by atoms with E-state index in [1.54, 1.807) is 24.5 Å². The smallest absolute Gasteiger partial charge is 0.223 e. The third kappa shape index (κ3) is 3.96. The third-order valence-electron chi connectivity index (χ3n) is 6.19. The van der Waals surface area contributed by atoms with Crippen LogP contribution in [0.5, 0.6) is 0 Å². The van der Waals surface area contributed by atoms with Crippen molar-refractivity contribution in [3.05, 3.63) is 101 Å². The first-order chi connectivity index (χ1) is 15.2. The van der Waals surface area contributed by atoms with E-state index in [4.69, 9.17) is 0 Å². The zero-order valence-electron chi connectivity index (χ0n) is 17.2. The van der Waals surface area contributed by atoms with Crippen molar-refractivity contribution >= 4 is 16.8 Å². The number of aromatic nitrogens is 2. The highest BCUT2D eigenvalue weighted by molar-refractivity contribution is 5.87. The van der Waals surface area contributed by atoms with Crippen LogP contribution in [0.1, 0.15) is 28.8 Å². The molecule has 2 heterocycles. The van der Waals surface area contributed by atoms with Crippen LogP contribution in [-0.2, 0) is 30.7 Å². The van der Waals surface area contributed by atoms with Gasteiger partial charge in [0.05, 0.1) is 0 Å². The molecule has 5 rings (SSSR count). The minimum absolute atomic E-state index is 0.0391. The second kappa shape index (κ2) is 8.34. The Morgan fingerprint density at radius 2 is 1.90 bits per heavy atom. The number of nitrogens with zero attached hydrogens (tertiary/aromatic N) is 2. The van der Waals surface area contributed by atoms with E-state index in [2.05, 4.69) is 27.0 Å². The van der Waals surface area contributed by atoms with Crippen LogP contribution in [-0.4, -0.2) is 15.5 Å². The molecule has 0 bridgehead atoms. The Hall–Kier alpha value is -3.47. The first kappa shape index (κ1) is 19.5. The lowest BCUT2D eigenvalue weighted by atomic mass is 9.85. The lowest BCUT2D eigenvalue weighted by molar-refractivity contribution is -0.125. The van der Waals surface area contributed by atoms with E-state index in [0.29, 0.717) is 13.1 Å². The number of fused-ring (bicyclic) bond motifs is 3. The zero-order valence-corrected chi connectivity index (χ0v) is 17.2. The van der Waals surface area contributed by atoms with Gasteiger partial charge < -0.3 is 9.88 Å². The molecule has 0 saturated carbocycles. The molecule has 0 radical (unpaired) electrons. The molecular weight excluding hydrogens is 389 g/mol. The second-order valence-electron chi connectivity index (χ2n) is 8.17. The molecule has 1 aliphatic rings. The maximum absolute atomic E-state index is 13.7. The van der Waals surface area contributed by atoms with Crippen molar-refractivity contribution in [2.75, 3.05) is 0 Å². The number of amides is 1. The number of nitrogens with one attached hydrogen (secondary N) is 1. The fourth-order valence-corrected chi connectivity index (χ4v) is 4.66. The van der Waals surface area contributed by atoms with E-state index in [9.17, 15) is 9.18 Å². The van der Waals surface area contributed by atoms with Gasteiger partial charge >= 0.3 is 0 Å². The quantitative estimate of drug-likeness (QED) is 0.518. The summed E-state index contributed by atoms with van der Waals surface area (Å²) in [7, 11) is 0. The Balaban J connectivity index is 1.40. The third-order valence-corrected chi connectivity index (χ3v) is 6.19.